The topological polar surface area (TPSA) is 41.3 Å². The molecule has 4 heteroatoms. The summed E-state index contributed by atoms with van der Waals surface area (Å²) in [6.07, 6.45) is 4.09. The van der Waals surface area contributed by atoms with Crippen LogP contribution in [0.3, 0.4) is 0 Å². The predicted molar refractivity (Wildman–Crippen MR) is 58.5 cm³/mol. The lowest BCUT2D eigenvalue weighted by Crippen LogP contribution is -2.49. The molecule has 1 aromatic heterocycles. The van der Waals surface area contributed by atoms with Crippen molar-refractivity contribution in [2.75, 3.05) is 20.1 Å². The summed E-state index contributed by atoms with van der Waals surface area (Å²) in [5, 5.41) is 7.12. The summed E-state index contributed by atoms with van der Waals surface area (Å²) in [7, 11) is 2.05. The first-order valence-corrected chi connectivity index (χ1v) is 5.53. The molecule has 0 spiro atoms. The van der Waals surface area contributed by atoms with E-state index in [4.69, 9.17) is 4.52 Å². The monoisotopic (exact) mass is 209 g/mol. The van der Waals surface area contributed by atoms with Crippen molar-refractivity contribution < 1.29 is 4.52 Å². The highest BCUT2D eigenvalue weighted by molar-refractivity contribution is 4.95. The van der Waals surface area contributed by atoms with E-state index >= 15 is 0 Å². The van der Waals surface area contributed by atoms with Gasteiger partial charge in [0.25, 0.3) is 0 Å². The lowest BCUT2D eigenvalue weighted by Gasteiger charge is -2.38. The molecule has 0 bridgehead atoms. The second-order valence-corrected chi connectivity index (χ2v) is 4.57. The third kappa shape index (κ3) is 2.58. The Bertz CT molecular complexity index is 289. The predicted octanol–water partition coefficient (Wildman–Crippen LogP) is 1.25. The van der Waals surface area contributed by atoms with Crippen LogP contribution < -0.4 is 5.32 Å². The van der Waals surface area contributed by atoms with E-state index in [2.05, 4.69) is 22.3 Å². The average molecular weight is 209 g/mol. The second kappa shape index (κ2) is 4.33. The van der Waals surface area contributed by atoms with Crippen molar-refractivity contribution in [3.05, 3.63) is 18.0 Å². The normalized spacial score (nSPS) is 21.7. The smallest absolute Gasteiger partial charge is 0.150 e. The molecule has 0 unspecified atom stereocenters. The van der Waals surface area contributed by atoms with Gasteiger partial charge in [-0.2, -0.15) is 0 Å². The molecule has 0 saturated carbocycles. The van der Waals surface area contributed by atoms with Gasteiger partial charge in [-0.15, -0.1) is 0 Å². The molecule has 2 heterocycles. The van der Waals surface area contributed by atoms with Crippen LogP contribution in [0, 0.1) is 0 Å². The van der Waals surface area contributed by atoms with E-state index in [1.165, 1.54) is 12.8 Å². The number of hydrogen-bond donors (Lipinski definition) is 1. The number of rotatable bonds is 3. The van der Waals surface area contributed by atoms with Crippen LogP contribution >= 0.6 is 0 Å². The molecule has 84 valence electrons. The third-order valence-electron chi connectivity index (χ3n) is 3.43. The third-order valence-corrected chi connectivity index (χ3v) is 3.43. The Labute approximate surface area is 90.6 Å². The second-order valence-electron chi connectivity index (χ2n) is 4.57. The molecule has 0 aromatic carbocycles. The molecule has 0 amide bonds. The number of aromatic nitrogens is 1. The Morgan fingerprint density at radius 3 is 2.80 bits per heavy atom. The van der Waals surface area contributed by atoms with Crippen LogP contribution in [0.1, 0.15) is 25.5 Å². The van der Waals surface area contributed by atoms with Crippen LogP contribution in [-0.2, 0) is 6.54 Å². The van der Waals surface area contributed by atoms with E-state index < -0.39 is 0 Å². The first-order valence-electron chi connectivity index (χ1n) is 5.53. The van der Waals surface area contributed by atoms with E-state index in [0.717, 1.165) is 25.4 Å². The van der Waals surface area contributed by atoms with Crippen molar-refractivity contribution in [1.82, 2.24) is 15.4 Å². The van der Waals surface area contributed by atoms with Gasteiger partial charge in [-0.25, -0.2) is 0 Å². The Hall–Kier alpha value is -0.870. The molecule has 1 aromatic rings. The Morgan fingerprint density at radius 1 is 1.53 bits per heavy atom. The van der Waals surface area contributed by atoms with Gasteiger partial charge in [0.15, 0.2) is 5.76 Å². The van der Waals surface area contributed by atoms with Crippen molar-refractivity contribution in [1.29, 1.82) is 0 Å². The molecule has 1 saturated heterocycles. The van der Waals surface area contributed by atoms with Crippen molar-refractivity contribution >= 4 is 0 Å². The van der Waals surface area contributed by atoms with Crippen LogP contribution in [0.2, 0.25) is 0 Å². The van der Waals surface area contributed by atoms with E-state index in [1.807, 2.05) is 13.1 Å². The number of nitrogens with one attached hydrogen (secondary N) is 1. The van der Waals surface area contributed by atoms with Crippen LogP contribution in [0.4, 0.5) is 0 Å². The summed E-state index contributed by atoms with van der Waals surface area (Å²) in [6.45, 7) is 5.43. The number of piperidine rings is 1. The van der Waals surface area contributed by atoms with Gasteiger partial charge >= 0.3 is 0 Å². The standard InChI is InChI=1S/C11H19N3O/c1-11(12-2)4-7-14(8-5-11)9-10-3-6-13-15-10/h3,6,12H,4-5,7-9H2,1-2H3. The average Bonchev–Trinajstić information content (AvgIpc) is 2.75. The minimum Gasteiger partial charge on any atom is -0.360 e. The van der Waals surface area contributed by atoms with Crippen molar-refractivity contribution in [2.24, 2.45) is 0 Å². The summed E-state index contributed by atoms with van der Waals surface area (Å²) >= 11 is 0. The molecular weight excluding hydrogens is 190 g/mol. The first kappa shape index (κ1) is 10.6. The van der Waals surface area contributed by atoms with Crippen LogP contribution in [0.5, 0.6) is 0 Å². The zero-order valence-electron chi connectivity index (χ0n) is 9.49. The van der Waals surface area contributed by atoms with Gasteiger partial charge in [0.05, 0.1) is 12.7 Å². The van der Waals surface area contributed by atoms with E-state index in [1.54, 1.807) is 6.20 Å². The van der Waals surface area contributed by atoms with Gasteiger partial charge in [-0.3, -0.25) is 4.90 Å². The lowest BCUT2D eigenvalue weighted by molar-refractivity contribution is 0.135. The van der Waals surface area contributed by atoms with E-state index in [0.29, 0.717) is 5.54 Å². The van der Waals surface area contributed by atoms with Gasteiger partial charge in [0.2, 0.25) is 0 Å². The summed E-state index contributed by atoms with van der Waals surface area (Å²) in [5.41, 5.74) is 0.317. The highest BCUT2D eigenvalue weighted by atomic mass is 16.5. The number of likely N-dealkylation sites (tertiary alicyclic amines) is 1. The van der Waals surface area contributed by atoms with Crippen LogP contribution in [0.25, 0.3) is 0 Å². The van der Waals surface area contributed by atoms with Gasteiger partial charge in [0.1, 0.15) is 0 Å². The zero-order valence-corrected chi connectivity index (χ0v) is 9.49. The number of nitrogens with zero attached hydrogens (tertiary/aromatic N) is 2. The summed E-state index contributed by atoms with van der Waals surface area (Å²) in [6, 6.07) is 1.94. The van der Waals surface area contributed by atoms with Crippen molar-refractivity contribution in [2.45, 2.75) is 31.8 Å². The molecular formula is C11H19N3O. The summed E-state index contributed by atoms with van der Waals surface area (Å²) < 4.78 is 5.11. The van der Waals surface area contributed by atoms with Gasteiger partial charge in [0, 0.05) is 24.7 Å². The highest BCUT2D eigenvalue weighted by Crippen LogP contribution is 2.22. The molecule has 1 N–H and O–H groups in total. The van der Waals surface area contributed by atoms with Gasteiger partial charge < -0.3 is 9.84 Å². The lowest BCUT2D eigenvalue weighted by atomic mass is 9.90. The van der Waals surface area contributed by atoms with Crippen LogP contribution in [-0.4, -0.2) is 35.7 Å². The summed E-state index contributed by atoms with van der Waals surface area (Å²) in [5.74, 6) is 0.961. The van der Waals surface area contributed by atoms with Gasteiger partial charge in [-0.1, -0.05) is 5.16 Å². The maximum atomic E-state index is 5.11. The van der Waals surface area contributed by atoms with Crippen LogP contribution in [0.15, 0.2) is 16.8 Å². The Morgan fingerprint density at radius 2 is 2.27 bits per heavy atom. The molecule has 4 nitrogen and oxygen atoms in total. The maximum absolute atomic E-state index is 5.11. The fourth-order valence-electron chi connectivity index (χ4n) is 2.00. The fraction of sp³-hybridized carbons (Fsp3) is 0.727. The molecule has 1 aliphatic rings. The number of hydrogen-bond acceptors (Lipinski definition) is 4. The molecule has 0 aliphatic carbocycles. The molecule has 0 atom stereocenters. The largest absolute Gasteiger partial charge is 0.360 e. The molecule has 2 rings (SSSR count). The zero-order chi connectivity index (χ0) is 10.7. The highest BCUT2D eigenvalue weighted by Gasteiger charge is 2.28. The van der Waals surface area contributed by atoms with E-state index in [-0.39, 0.29) is 0 Å². The minimum absolute atomic E-state index is 0.317. The molecule has 1 aliphatic heterocycles. The maximum Gasteiger partial charge on any atom is 0.150 e. The van der Waals surface area contributed by atoms with Gasteiger partial charge in [-0.05, 0) is 26.8 Å². The Balaban J connectivity index is 1.84. The van der Waals surface area contributed by atoms with E-state index in [9.17, 15) is 0 Å². The Kier molecular flexibility index (Phi) is 3.07. The molecule has 0 radical (unpaired) electrons. The SMILES string of the molecule is CNC1(C)CCN(Cc2ccno2)CC1. The minimum atomic E-state index is 0.317. The van der Waals surface area contributed by atoms with Crippen molar-refractivity contribution in [3.8, 4) is 0 Å². The first-order chi connectivity index (χ1) is 7.22. The van der Waals surface area contributed by atoms with Crippen molar-refractivity contribution in [3.63, 3.8) is 0 Å². The molecule has 15 heavy (non-hydrogen) atoms. The quantitative estimate of drug-likeness (QED) is 0.813. The molecule has 1 fully saturated rings. The summed E-state index contributed by atoms with van der Waals surface area (Å²) in [4.78, 5) is 2.42. The fourth-order valence-corrected chi connectivity index (χ4v) is 2.00.